The Morgan fingerprint density at radius 2 is 1.62 bits per heavy atom. The predicted octanol–water partition coefficient (Wildman–Crippen LogP) is 5.09. The number of nitrogens with zero attached hydrogens (tertiary/aromatic N) is 1. The highest BCUT2D eigenvalue weighted by Crippen LogP contribution is 2.27. The third-order valence-electron chi connectivity index (χ3n) is 5.16. The van der Waals surface area contributed by atoms with Crippen LogP contribution in [-0.4, -0.2) is 25.2 Å². The monoisotopic (exact) mass is 454 g/mol. The topological polar surface area (TPSA) is 66.5 Å². The average molecular weight is 455 g/mol. The molecule has 3 aromatic rings. The molecule has 0 fully saturated rings. The molecule has 0 aromatic heterocycles. The number of carbonyl (C=O) groups excluding carboxylic acids is 1. The standard InChI is InChI=1S/C25H27FN2O3S/c1-18(2)23-11-7-8-19(3)25(23)27-24(29)17-28(16-20-12-14-21(26)15-13-20)32(30,31)22-9-5-4-6-10-22/h4-15,18H,16-17H2,1-3H3,(H,27,29). The number of aryl methyl sites for hydroxylation is 1. The van der Waals surface area contributed by atoms with Crippen molar-refractivity contribution in [1.29, 1.82) is 0 Å². The summed E-state index contributed by atoms with van der Waals surface area (Å²) >= 11 is 0. The molecule has 0 aliphatic carbocycles. The van der Waals surface area contributed by atoms with Crippen LogP contribution in [-0.2, 0) is 21.4 Å². The molecule has 5 nitrogen and oxygen atoms in total. The number of hydrogen-bond acceptors (Lipinski definition) is 3. The molecule has 0 saturated heterocycles. The second-order valence-corrected chi connectivity index (χ2v) is 9.89. The Hall–Kier alpha value is -3.03. The minimum Gasteiger partial charge on any atom is -0.324 e. The number of nitrogens with one attached hydrogen (secondary N) is 1. The summed E-state index contributed by atoms with van der Waals surface area (Å²) in [5.41, 5.74) is 3.17. The van der Waals surface area contributed by atoms with Crippen molar-refractivity contribution in [2.45, 2.75) is 38.1 Å². The van der Waals surface area contributed by atoms with Gasteiger partial charge < -0.3 is 5.32 Å². The molecule has 3 aromatic carbocycles. The van der Waals surface area contributed by atoms with Crippen molar-refractivity contribution >= 4 is 21.6 Å². The second kappa shape index (κ2) is 10.1. The Labute approximate surface area is 188 Å². The van der Waals surface area contributed by atoms with Crippen LogP contribution in [0.4, 0.5) is 10.1 Å². The molecular weight excluding hydrogens is 427 g/mol. The number of benzene rings is 3. The fourth-order valence-corrected chi connectivity index (χ4v) is 4.85. The van der Waals surface area contributed by atoms with Crippen molar-refractivity contribution in [2.75, 3.05) is 11.9 Å². The zero-order chi connectivity index (χ0) is 23.3. The highest BCUT2D eigenvalue weighted by Gasteiger charge is 2.27. The Balaban J connectivity index is 1.90. The first-order valence-corrected chi connectivity index (χ1v) is 11.8. The molecule has 3 rings (SSSR count). The lowest BCUT2D eigenvalue weighted by Crippen LogP contribution is -2.37. The summed E-state index contributed by atoms with van der Waals surface area (Å²) in [6, 6.07) is 19.3. The van der Waals surface area contributed by atoms with E-state index in [4.69, 9.17) is 0 Å². The van der Waals surface area contributed by atoms with E-state index in [1.54, 1.807) is 18.2 Å². The maximum absolute atomic E-state index is 13.3. The Kier molecular flexibility index (Phi) is 7.43. The maximum atomic E-state index is 13.3. The van der Waals surface area contributed by atoms with E-state index in [2.05, 4.69) is 5.32 Å². The van der Waals surface area contributed by atoms with E-state index in [-0.39, 0.29) is 23.9 Å². The number of sulfonamides is 1. The van der Waals surface area contributed by atoms with Crippen LogP contribution in [0.5, 0.6) is 0 Å². The van der Waals surface area contributed by atoms with Crippen molar-refractivity contribution in [2.24, 2.45) is 0 Å². The lowest BCUT2D eigenvalue weighted by atomic mass is 9.98. The van der Waals surface area contributed by atoms with Crippen LogP contribution in [0.1, 0.15) is 36.5 Å². The van der Waals surface area contributed by atoms with E-state index in [1.165, 1.54) is 36.4 Å². The third-order valence-corrected chi connectivity index (χ3v) is 6.97. The largest absolute Gasteiger partial charge is 0.324 e. The number of carbonyl (C=O) groups is 1. The normalized spacial score (nSPS) is 11.7. The molecular formula is C25H27FN2O3S. The summed E-state index contributed by atoms with van der Waals surface area (Å²) in [5.74, 6) is -0.666. The molecule has 1 N–H and O–H groups in total. The van der Waals surface area contributed by atoms with Crippen molar-refractivity contribution in [3.8, 4) is 0 Å². The van der Waals surface area contributed by atoms with Crippen LogP contribution in [0.25, 0.3) is 0 Å². The van der Waals surface area contributed by atoms with E-state index < -0.39 is 21.7 Å². The van der Waals surface area contributed by atoms with Gasteiger partial charge in [-0.3, -0.25) is 4.79 Å². The highest BCUT2D eigenvalue weighted by atomic mass is 32.2. The molecule has 32 heavy (non-hydrogen) atoms. The molecule has 0 bridgehead atoms. The fourth-order valence-electron chi connectivity index (χ4n) is 3.44. The number of para-hydroxylation sites is 1. The number of halogens is 1. The number of amides is 1. The van der Waals surface area contributed by atoms with Crippen LogP contribution in [0.2, 0.25) is 0 Å². The van der Waals surface area contributed by atoms with Crippen LogP contribution < -0.4 is 5.32 Å². The zero-order valence-electron chi connectivity index (χ0n) is 18.4. The number of hydrogen-bond donors (Lipinski definition) is 1. The first-order valence-electron chi connectivity index (χ1n) is 10.4. The lowest BCUT2D eigenvalue weighted by Gasteiger charge is -2.23. The van der Waals surface area contributed by atoms with E-state index in [1.807, 2.05) is 39.0 Å². The maximum Gasteiger partial charge on any atom is 0.243 e. The SMILES string of the molecule is Cc1cccc(C(C)C)c1NC(=O)CN(Cc1ccc(F)cc1)S(=O)(=O)c1ccccc1. The van der Waals surface area contributed by atoms with Gasteiger partial charge in [-0.25, -0.2) is 12.8 Å². The van der Waals surface area contributed by atoms with Gasteiger partial charge in [0.25, 0.3) is 0 Å². The van der Waals surface area contributed by atoms with Crippen LogP contribution in [0, 0.1) is 12.7 Å². The van der Waals surface area contributed by atoms with Gasteiger partial charge in [0.1, 0.15) is 5.82 Å². The molecule has 7 heteroatoms. The van der Waals surface area contributed by atoms with E-state index in [0.717, 1.165) is 15.4 Å². The van der Waals surface area contributed by atoms with Gasteiger partial charge in [0.15, 0.2) is 0 Å². The molecule has 1 amide bonds. The summed E-state index contributed by atoms with van der Waals surface area (Å²) in [4.78, 5) is 13.1. The minimum absolute atomic E-state index is 0.0598. The molecule has 0 unspecified atom stereocenters. The van der Waals surface area contributed by atoms with Crippen LogP contribution in [0.15, 0.2) is 77.7 Å². The van der Waals surface area contributed by atoms with E-state index in [9.17, 15) is 17.6 Å². The molecule has 0 heterocycles. The van der Waals surface area contributed by atoms with E-state index >= 15 is 0 Å². The Bertz CT molecular complexity index is 1180. The van der Waals surface area contributed by atoms with Crippen LogP contribution in [0.3, 0.4) is 0 Å². The minimum atomic E-state index is -3.95. The molecule has 168 valence electrons. The first-order chi connectivity index (χ1) is 15.2. The summed E-state index contributed by atoms with van der Waals surface area (Å²) in [7, 11) is -3.95. The van der Waals surface area contributed by atoms with Crippen LogP contribution >= 0.6 is 0 Å². The quantitative estimate of drug-likeness (QED) is 0.516. The lowest BCUT2D eigenvalue weighted by molar-refractivity contribution is -0.116. The summed E-state index contributed by atoms with van der Waals surface area (Å²) < 4.78 is 41.0. The molecule has 0 atom stereocenters. The molecule has 0 aliphatic heterocycles. The predicted molar refractivity (Wildman–Crippen MR) is 124 cm³/mol. The van der Waals surface area contributed by atoms with Gasteiger partial charge in [-0.05, 0) is 53.8 Å². The summed E-state index contributed by atoms with van der Waals surface area (Å²) in [6.07, 6.45) is 0. The average Bonchev–Trinajstić information content (AvgIpc) is 2.76. The zero-order valence-corrected chi connectivity index (χ0v) is 19.2. The van der Waals surface area contributed by atoms with Gasteiger partial charge in [0.05, 0.1) is 11.4 Å². The van der Waals surface area contributed by atoms with Gasteiger partial charge in [-0.1, -0.05) is 62.4 Å². The van der Waals surface area contributed by atoms with E-state index in [0.29, 0.717) is 11.3 Å². The van der Waals surface area contributed by atoms with Crippen molar-refractivity contribution < 1.29 is 17.6 Å². The fraction of sp³-hybridized carbons (Fsp3) is 0.240. The van der Waals surface area contributed by atoms with Gasteiger partial charge in [-0.2, -0.15) is 4.31 Å². The van der Waals surface area contributed by atoms with Crippen molar-refractivity contribution in [3.63, 3.8) is 0 Å². The summed E-state index contributed by atoms with van der Waals surface area (Å²) in [5, 5.41) is 2.90. The highest BCUT2D eigenvalue weighted by molar-refractivity contribution is 7.89. The van der Waals surface area contributed by atoms with Gasteiger partial charge in [-0.15, -0.1) is 0 Å². The third kappa shape index (κ3) is 5.60. The summed E-state index contributed by atoms with van der Waals surface area (Å²) in [6.45, 7) is 5.53. The first kappa shape index (κ1) is 23.6. The Morgan fingerprint density at radius 3 is 2.25 bits per heavy atom. The second-order valence-electron chi connectivity index (χ2n) is 7.95. The molecule has 0 radical (unpaired) electrons. The molecule has 0 saturated carbocycles. The molecule has 0 aliphatic rings. The Morgan fingerprint density at radius 1 is 0.969 bits per heavy atom. The molecule has 0 spiro atoms. The van der Waals surface area contributed by atoms with Gasteiger partial charge in [0, 0.05) is 12.2 Å². The van der Waals surface area contributed by atoms with Crippen molar-refractivity contribution in [3.05, 3.63) is 95.3 Å². The number of rotatable bonds is 8. The smallest absolute Gasteiger partial charge is 0.243 e. The number of anilines is 1. The van der Waals surface area contributed by atoms with Gasteiger partial charge in [0.2, 0.25) is 15.9 Å². The van der Waals surface area contributed by atoms with Gasteiger partial charge >= 0.3 is 0 Å². The van der Waals surface area contributed by atoms with Crippen molar-refractivity contribution in [1.82, 2.24) is 4.31 Å².